The fourth-order valence-corrected chi connectivity index (χ4v) is 2.84. The third kappa shape index (κ3) is 4.35. The number of aromatic amines is 1. The third-order valence-corrected chi connectivity index (χ3v) is 4.30. The van der Waals surface area contributed by atoms with E-state index in [0.717, 1.165) is 16.7 Å². The molecule has 1 heterocycles. The Labute approximate surface area is 155 Å². The molecule has 0 saturated heterocycles. The van der Waals surface area contributed by atoms with Crippen molar-refractivity contribution in [2.45, 2.75) is 20.0 Å². The van der Waals surface area contributed by atoms with Crippen molar-refractivity contribution < 1.29 is 4.79 Å². The van der Waals surface area contributed by atoms with Crippen LogP contribution in [-0.2, 0) is 17.9 Å². The number of amides is 1. The molecule has 2 aromatic carbocycles. The van der Waals surface area contributed by atoms with Crippen LogP contribution in [0.15, 0.2) is 48.5 Å². The summed E-state index contributed by atoms with van der Waals surface area (Å²) in [6.45, 7) is 2.52. The summed E-state index contributed by atoms with van der Waals surface area (Å²) in [7, 11) is 0. The predicted molar refractivity (Wildman–Crippen MR) is 101 cm³/mol. The summed E-state index contributed by atoms with van der Waals surface area (Å²) in [6.07, 6.45) is 0. The average Bonchev–Trinajstić information content (AvgIpc) is 2.95. The number of carbonyl (C=O) groups excluding carboxylic acids is 1. The van der Waals surface area contributed by atoms with Gasteiger partial charge in [0.25, 0.3) is 0 Å². The van der Waals surface area contributed by atoms with E-state index in [1.807, 2.05) is 49.4 Å². The first kappa shape index (κ1) is 17.4. The van der Waals surface area contributed by atoms with E-state index in [0.29, 0.717) is 22.2 Å². The molecule has 7 heteroatoms. The van der Waals surface area contributed by atoms with Crippen LogP contribution in [0.2, 0.25) is 5.02 Å². The van der Waals surface area contributed by atoms with E-state index < -0.39 is 0 Å². The maximum absolute atomic E-state index is 12.3. The SMILES string of the molecule is Cc1ccc(-c2n[nH]c(=S)n2CC(=O)NCc2cccc(Cl)c2)cc1. The van der Waals surface area contributed by atoms with Gasteiger partial charge < -0.3 is 5.32 Å². The summed E-state index contributed by atoms with van der Waals surface area (Å²) < 4.78 is 2.10. The molecule has 0 fully saturated rings. The molecule has 0 aliphatic rings. The Kier molecular flexibility index (Phi) is 5.31. The summed E-state index contributed by atoms with van der Waals surface area (Å²) in [4.78, 5) is 12.3. The second-order valence-corrected chi connectivity index (χ2v) is 6.53. The van der Waals surface area contributed by atoms with E-state index in [2.05, 4.69) is 15.5 Å². The van der Waals surface area contributed by atoms with Crippen LogP contribution in [0.25, 0.3) is 11.4 Å². The van der Waals surface area contributed by atoms with Gasteiger partial charge in [0.2, 0.25) is 5.91 Å². The Bertz CT molecular complexity index is 946. The molecule has 1 aromatic heterocycles. The number of aromatic nitrogens is 3. The molecular weight excluding hydrogens is 356 g/mol. The largest absolute Gasteiger partial charge is 0.350 e. The van der Waals surface area contributed by atoms with Gasteiger partial charge in [0.1, 0.15) is 6.54 Å². The molecule has 0 bridgehead atoms. The highest BCUT2D eigenvalue weighted by atomic mass is 35.5. The summed E-state index contributed by atoms with van der Waals surface area (Å²) in [5.74, 6) is 0.494. The van der Waals surface area contributed by atoms with Crippen LogP contribution < -0.4 is 5.32 Å². The first-order valence-electron chi connectivity index (χ1n) is 7.76. The van der Waals surface area contributed by atoms with Gasteiger partial charge in [0.05, 0.1) is 0 Å². The van der Waals surface area contributed by atoms with E-state index in [1.54, 1.807) is 10.6 Å². The van der Waals surface area contributed by atoms with Crippen LogP contribution in [0.1, 0.15) is 11.1 Å². The lowest BCUT2D eigenvalue weighted by Gasteiger charge is -2.09. The van der Waals surface area contributed by atoms with Gasteiger partial charge in [-0.15, -0.1) is 0 Å². The van der Waals surface area contributed by atoms with Crippen molar-refractivity contribution in [1.29, 1.82) is 0 Å². The maximum atomic E-state index is 12.3. The van der Waals surface area contributed by atoms with Crippen molar-refractivity contribution in [3.05, 3.63) is 69.5 Å². The van der Waals surface area contributed by atoms with Gasteiger partial charge in [-0.1, -0.05) is 53.6 Å². The van der Waals surface area contributed by atoms with Crippen molar-refractivity contribution in [2.75, 3.05) is 0 Å². The molecular formula is C18H17ClN4OS. The van der Waals surface area contributed by atoms with Crippen LogP contribution in [-0.4, -0.2) is 20.7 Å². The predicted octanol–water partition coefficient (Wildman–Crippen LogP) is 3.89. The van der Waals surface area contributed by atoms with Crippen molar-refractivity contribution in [1.82, 2.24) is 20.1 Å². The highest BCUT2D eigenvalue weighted by Crippen LogP contribution is 2.18. The van der Waals surface area contributed by atoms with Crippen LogP contribution in [0, 0.1) is 11.7 Å². The normalized spacial score (nSPS) is 10.6. The van der Waals surface area contributed by atoms with Crippen LogP contribution in [0.4, 0.5) is 0 Å². The number of nitrogens with one attached hydrogen (secondary N) is 2. The third-order valence-electron chi connectivity index (χ3n) is 3.75. The van der Waals surface area contributed by atoms with E-state index in [-0.39, 0.29) is 12.5 Å². The highest BCUT2D eigenvalue weighted by Gasteiger charge is 2.12. The summed E-state index contributed by atoms with van der Waals surface area (Å²) in [5.41, 5.74) is 3.00. The number of halogens is 1. The Morgan fingerprint density at radius 3 is 2.76 bits per heavy atom. The zero-order chi connectivity index (χ0) is 17.8. The first-order chi connectivity index (χ1) is 12.0. The van der Waals surface area contributed by atoms with E-state index >= 15 is 0 Å². The number of benzene rings is 2. The lowest BCUT2D eigenvalue weighted by atomic mass is 10.1. The monoisotopic (exact) mass is 372 g/mol. The van der Waals surface area contributed by atoms with Crippen molar-refractivity contribution in [3.8, 4) is 11.4 Å². The minimum Gasteiger partial charge on any atom is -0.350 e. The minimum atomic E-state index is -0.147. The van der Waals surface area contributed by atoms with E-state index in [4.69, 9.17) is 23.8 Å². The van der Waals surface area contributed by atoms with Gasteiger partial charge in [-0.05, 0) is 36.8 Å². The average molecular weight is 373 g/mol. The van der Waals surface area contributed by atoms with Crippen molar-refractivity contribution in [2.24, 2.45) is 0 Å². The smallest absolute Gasteiger partial charge is 0.240 e. The molecule has 128 valence electrons. The molecule has 0 aliphatic heterocycles. The summed E-state index contributed by atoms with van der Waals surface area (Å²) in [5, 5.41) is 10.5. The molecule has 0 unspecified atom stereocenters. The van der Waals surface area contributed by atoms with Gasteiger partial charge in [-0.2, -0.15) is 5.10 Å². The minimum absolute atomic E-state index is 0.0963. The molecule has 1 amide bonds. The molecule has 0 aliphatic carbocycles. The number of aryl methyl sites for hydroxylation is 1. The van der Waals surface area contributed by atoms with Crippen molar-refractivity contribution >= 4 is 29.7 Å². The van der Waals surface area contributed by atoms with Gasteiger partial charge in [-0.3, -0.25) is 14.5 Å². The van der Waals surface area contributed by atoms with Crippen LogP contribution in [0.3, 0.4) is 0 Å². The maximum Gasteiger partial charge on any atom is 0.240 e. The molecule has 0 spiro atoms. The fraction of sp³-hybridized carbons (Fsp3) is 0.167. The lowest BCUT2D eigenvalue weighted by Crippen LogP contribution is -2.27. The van der Waals surface area contributed by atoms with E-state index in [1.165, 1.54) is 0 Å². The van der Waals surface area contributed by atoms with E-state index in [9.17, 15) is 4.79 Å². The lowest BCUT2D eigenvalue weighted by molar-refractivity contribution is -0.121. The molecule has 25 heavy (non-hydrogen) atoms. The molecule has 3 rings (SSSR count). The highest BCUT2D eigenvalue weighted by molar-refractivity contribution is 7.71. The number of H-pyrrole nitrogens is 1. The quantitative estimate of drug-likeness (QED) is 0.668. The van der Waals surface area contributed by atoms with Crippen molar-refractivity contribution in [3.63, 3.8) is 0 Å². The molecule has 0 saturated carbocycles. The number of nitrogens with zero attached hydrogens (tertiary/aromatic N) is 2. The molecule has 0 atom stereocenters. The second-order valence-electron chi connectivity index (χ2n) is 5.71. The Balaban J connectivity index is 1.72. The number of carbonyl (C=O) groups is 1. The Morgan fingerprint density at radius 2 is 2.04 bits per heavy atom. The second kappa shape index (κ2) is 7.63. The topological polar surface area (TPSA) is 62.7 Å². The number of hydrogen-bond donors (Lipinski definition) is 2. The van der Waals surface area contributed by atoms with Gasteiger partial charge >= 0.3 is 0 Å². The molecule has 0 radical (unpaired) electrons. The van der Waals surface area contributed by atoms with Gasteiger partial charge in [-0.25, -0.2) is 0 Å². The molecule has 5 nitrogen and oxygen atoms in total. The van der Waals surface area contributed by atoms with Gasteiger partial charge in [0.15, 0.2) is 10.6 Å². The zero-order valence-electron chi connectivity index (χ0n) is 13.6. The number of rotatable bonds is 5. The Hall–Kier alpha value is -2.44. The molecule has 3 aromatic rings. The molecule has 2 N–H and O–H groups in total. The first-order valence-corrected chi connectivity index (χ1v) is 8.55. The summed E-state index contributed by atoms with van der Waals surface area (Å²) >= 11 is 11.2. The van der Waals surface area contributed by atoms with Gasteiger partial charge in [0, 0.05) is 17.1 Å². The number of hydrogen-bond acceptors (Lipinski definition) is 3. The summed E-state index contributed by atoms with van der Waals surface area (Å²) in [6, 6.07) is 15.3. The Morgan fingerprint density at radius 1 is 1.28 bits per heavy atom. The fourth-order valence-electron chi connectivity index (χ4n) is 2.43. The zero-order valence-corrected chi connectivity index (χ0v) is 15.2. The van der Waals surface area contributed by atoms with Crippen LogP contribution >= 0.6 is 23.8 Å². The standard InChI is InChI=1S/C18H17ClN4OS/c1-12-5-7-14(8-6-12)17-21-22-18(25)23(17)11-16(24)20-10-13-3-2-4-15(19)9-13/h2-9H,10-11H2,1H3,(H,20,24)(H,22,25). The van der Waals surface area contributed by atoms with Crippen LogP contribution in [0.5, 0.6) is 0 Å².